The molecular formula is C14H15F3N2O. The van der Waals surface area contributed by atoms with Crippen LogP contribution in [0.25, 0.3) is 0 Å². The van der Waals surface area contributed by atoms with E-state index >= 15 is 0 Å². The van der Waals surface area contributed by atoms with Gasteiger partial charge in [0.1, 0.15) is 11.8 Å². The van der Waals surface area contributed by atoms with Crippen LogP contribution in [0.4, 0.5) is 13.2 Å². The van der Waals surface area contributed by atoms with Gasteiger partial charge in [0.25, 0.3) is 0 Å². The molecule has 1 aromatic carbocycles. The van der Waals surface area contributed by atoms with Gasteiger partial charge in [-0.05, 0) is 43.6 Å². The van der Waals surface area contributed by atoms with Gasteiger partial charge in [0, 0.05) is 0 Å². The summed E-state index contributed by atoms with van der Waals surface area (Å²) in [5.41, 5.74) is 0.698. The summed E-state index contributed by atoms with van der Waals surface area (Å²) in [6.07, 6.45) is -1.43. The monoisotopic (exact) mass is 284 g/mol. The van der Waals surface area contributed by atoms with Crippen molar-refractivity contribution >= 4 is 0 Å². The number of likely N-dealkylation sites (tertiary alicyclic amines) is 1. The van der Waals surface area contributed by atoms with Crippen molar-refractivity contribution in [3.63, 3.8) is 0 Å². The van der Waals surface area contributed by atoms with Crippen molar-refractivity contribution in [1.82, 2.24) is 4.90 Å². The molecule has 0 bridgehead atoms. The molecule has 2 rings (SSSR count). The molecule has 0 radical (unpaired) electrons. The highest BCUT2D eigenvalue weighted by Gasteiger charge is 2.31. The minimum Gasteiger partial charge on any atom is -0.406 e. The van der Waals surface area contributed by atoms with Crippen LogP contribution in [0.15, 0.2) is 24.3 Å². The van der Waals surface area contributed by atoms with Gasteiger partial charge in [0.2, 0.25) is 0 Å². The maximum absolute atomic E-state index is 12.1. The highest BCUT2D eigenvalue weighted by Crippen LogP contribution is 2.27. The molecule has 0 aliphatic carbocycles. The molecule has 20 heavy (non-hydrogen) atoms. The molecule has 1 unspecified atom stereocenters. The molecule has 1 saturated heterocycles. The number of nitriles is 1. The minimum atomic E-state index is -4.69. The summed E-state index contributed by atoms with van der Waals surface area (Å²) in [6, 6.07) is 7.34. The van der Waals surface area contributed by atoms with Crippen molar-refractivity contribution in [2.45, 2.75) is 31.7 Å². The molecule has 1 aliphatic heterocycles. The van der Waals surface area contributed by atoms with Crippen LogP contribution in [-0.2, 0) is 0 Å². The number of rotatable bonds is 3. The number of benzene rings is 1. The summed E-state index contributed by atoms with van der Waals surface area (Å²) in [4.78, 5) is 2.06. The fourth-order valence-electron chi connectivity index (χ4n) is 2.40. The van der Waals surface area contributed by atoms with Crippen molar-refractivity contribution in [1.29, 1.82) is 5.26 Å². The lowest BCUT2D eigenvalue weighted by molar-refractivity contribution is -0.274. The molecule has 0 saturated carbocycles. The van der Waals surface area contributed by atoms with Crippen molar-refractivity contribution < 1.29 is 17.9 Å². The zero-order chi connectivity index (χ0) is 14.6. The van der Waals surface area contributed by atoms with Gasteiger partial charge >= 0.3 is 6.36 Å². The first kappa shape index (κ1) is 14.7. The minimum absolute atomic E-state index is 0.267. The van der Waals surface area contributed by atoms with Crippen molar-refractivity contribution in [2.75, 3.05) is 13.1 Å². The van der Waals surface area contributed by atoms with E-state index in [2.05, 4.69) is 15.7 Å². The van der Waals surface area contributed by atoms with Gasteiger partial charge in [0.05, 0.1) is 6.07 Å². The zero-order valence-electron chi connectivity index (χ0n) is 10.9. The number of ether oxygens (including phenoxy) is 1. The zero-order valence-corrected chi connectivity index (χ0v) is 10.9. The first-order valence-corrected chi connectivity index (χ1v) is 6.49. The predicted octanol–water partition coefficient (Wildman–Crippen LogP) is 3.64. The number of hydrogen-bond donors (Lipinski definition) is 0. The van der Waals surface area contributed by atoms with Crippen LogP contribution in [-0.4, -0.2) is 24.4 Å². The first-order chi connectivity index (χ1) is 9.49. The number of nitrogens with zero attached hydrogens (tertiary/aromatic N) is 2. The van der Waals surface area contributed by atoms with Gasteiger partial charge in [-0.25, -0.2) is 0 Å². The van der Waals surface area contributed by atoms with Gasteiger partial charge < -0.3 is 4.74 Å². The average Bonchev–Trinajstić information content (AvgIpc) is 2.41. The third kappa shape index (κ3) is 3.87. The van der Waals surface area contributed by atoms with Crippen molar-refractivity contribution in [2.24, 2.45) is 0 Å². The maximum Gasteiger partial charge on any atom is 0.573 e. The summed E-state index contributed by atoms with van der Waals surface area (Å²) in [5.74, 6) is -0.267. The Morgan fingerprint density at radius 1 is 1.10 bits per heavy atom. The summed E-state index contributed by atoms with van der Waals surface area (Å²) in [6.45, 7) is 1.69. The molecule has 1 atom stereocenters. The molecule has 1 heterocycles. The normalized spacial score (nSPS) is 18.3. The fourth-order valence-corrected chi connectivity index (χ4v) is 2.40. The van der Waals surface area contributed by atoms with Crippen LogP contribution >= 0.6 is 0 Å². The first-order valence-electron chi connectivity index (χ1n) is 6.49. The molecule has 6 heteroatoms. The van der Waals surface area contributed by atoms with Gasteiger partial charge in [-0.1, -0.05) is 18.6 Å². The topological polar surface area (TPSA) is 36.3 Å². The van der Waals surface area contributed by atoms with Gasteiger partial charge in [-0.2, -0.15) is 5.26 Å². The Bertz CT molecular complexity index is 473. The van der Waals surface area contributed by atoms with E-state index in [0.29, 0.717) is 5.56 Å². The van der Waals surface area contributed by atoms with Crippen LogP contribution in [0.1, 0.15) is 30.9 Å². The average molecular weight is 284 g/mol. The molecular weight excluding hydrogens is 269 g/mol. The lowest BCUT2D eigenvalue weighted by atomic mass is 10.0. The van der Waals surface area contributed by atoms with Crippen LogP contribution in [0.2, 0.25) is 0 Å². The third-order valence-corrected chi connectivity index (χ3v) is 3.31. The number of piperidine rings is 1. The van der Waals surface area contributed by atoms with E-state index < -0.39 is 12.4 Å². The molecule has 108 valence electrons. The Morgan fingerprint density at radius 3 is 2.20 bits per heavy atom. The van der Waals surface area contributed by atoms with E-state index in [9.17, 15) is 18.4 Å². The summed E-state index contributed by atoms with van der Waals surface area (Å²) < 4.78 is 40.0. The third-order valence-electron chi connectivity index (χ3n) is 3.31. The lowest BCUT2D eigenvalue weighted by Crippen LogP contribution is -2.33. The van der Waals surface area contributed by atoms with E-state index in [1.165, 1.54) is 24.3 Å². The molecule has 1 fully saturated rings. The molecule has 3 nitrogen and oxygen atoms in total. The Balaban J connectivity index is 2.09. The van der Waals surface area contributed by atoms with Gasteiger partial charge in [-0.3, -0.25) is 4.90 Å². The molecule has 0 aromatic heterocycles. The lowest BCUT2D eigenvalue weighted by Gasteiger charge is -2.30. The quantitative estimate of drug-likeness (QED) is 0.850. The van der Waals surface area contributed by atoms with E-state index in [4.69, 9.17) is 0 Å². The van der Waals surface area contributed by atoms with Crippen LogP contribution < -0.4 is 4.74 Å². The molecule has 1 aromatic rings. The predicted molar refractivity (Wildman–Crippen MR) is 66.9 cm³/mol. The number of hydrogen-bond acceptors (Lipinski definition) is 3. The van der Waals surface area contributed by atoms with Crippen molar-refractivity contribution in [3.05, 3.63) is 29.8 Å². The Labute approximate surface area is 115 Å². The molecule has 1 aliphatic rings. The highest BCUT2D eigenvalue weighted by molar-refractivity contribution is 5.31. The van der Waals surface area contributed by atoms with E-state index in [1.807, 2.05) is 0 Å². The fraction of sp³-hybridized carbons (Fsp3) is 0.500. The number of alkyl halides is 3. The second-order valence-electron chi connectivity index (χ2n) is 4.75. The Morgan fingerprint density at radius 2 is 1.70 bits per heavy atom. The number of halogens is 3. The summed E-state index contributed by atoms with van der Waals surface area (Å²) >= 11 is 0. The Kier molecular flexibility index (Phi) is 4.50. The summed E-state index contributed by atoms with van der Waals surface area (Å²) in [5, 5.41) is 9.28. The largest absolute Gasteiger partial charge is 0.573 e. The van der Waals surface area contributed by atoms with E-state index in [1.54, 1.807) is 0 Å². The standard InChI is InChI=1S/C14H15F3N2O/c15-14(16,17)20-12-6-4-11(5-7-12)13(10-18)19-8-2-1-3-9-19/h4-7,13H,1-3,8-9H2. The van der Waals surface area contributed by atoms with Gasteiger partial charge in [0.15, 0.2) is 0 Å². The van der Waals surface area contributed by atoms with Crippen molar-refractivity contribution in [3.8, 4) is 11.8 Å². The SMILES string of the molecule is N#CC(c1ccc(OC(F)(F)F)cc1)N1CCCCC1. The second kappa shape index (κ2) is 6.14. The van der Waals surface area contributed by atoms with E-state index in [0.717, 1.165) is 32.4 Å². The smallest absolute Gasteiger partial charge is 0.406 e. The molecule has 0 amide bonds. The second-order valence-corrected chi connectivity index (χ2v) is 4.75. The van der Waals surface area contributed by atoms with Crippen LogP contribution in [0.5, 0.6) is 5.75 Å². The van der Waals surface area contributed by atoms with Crippen LogP contribution in [0.3, 0.4) is 0 Å². The summed E-state index contributed by atoms with van der Waals surface area (Å²) in [7, 11) is 0. The van der Waals surface area contributed by atoms with Gasteiger partial charge in [-0.15, -0.1) is 13.2 Å². The maximum atomic E-state index is 12.1. The highest BCUT2D eigenvalue weighted by atomic mass is 19.4. The Hall–Kier alpha value is -1.74. The molecule has 0 spiro atoms. The van der Waals surface area contributed by atoms with E-state index in [-0.39, 0.29) is 5.75 Å². The van der Waals surface area contributed by atoms with Crippen LogP contribution in [0, 0.1) is 11.3 Å². The molecule has 0 N–H and O–H groups in total.